The Kier molecular flexibility index (Phi) is 5.62. The Hall–Kier alpha value is -2.71. The number of nitrogens with one attached hydrogen (secondary N) is 2. The molecule has 0 aromatic heterocycles. The van der Waals surface area contributed by atoms with Crippen LogP contribution in [0.1, 0.15) is 48.5 Å². The molecular weight excluding hydrogens is 402 g/mol. The number of rotatable bonds is 8. The lowest BCUT2D eigenvalue weighted by Gasteiger charge is -2.22. The first kappa shape index (κ1) is 20.6. The average Bonchev–Trinajstić information content (AvgIpc) is 3.61. The van der Waals surface area contributed by atoms with Crippen molar-refractivity contribution in [1.29, 1.82) is 0 Å². The number of nitrogens with zero attached hydrogens (tertiary/aromatic N) is 1. The third kappa shape index (κ3) is 4.88. The van der Waals surface area contributed by atoms with E-state index in [1.165, 1.54) is 23.4 Å². The Bertz CT molecular complexity index is 1040. The molecule has 2 aromatic rings. The van der Waals surface area contributed by atoms with Crippen molar-refractivity contribution >= 4 is 27.5 Å². The molecule has 30 heavy (non-hydrogen) atoms. The molecule has 0 bridgehead atoms. The average molecular weight is 428 g/mol. The van der Waals surface area contributed by atoms with Gasteiger partial charge < -0.3 is 10.6 Å². The van der Waals surface area contributed by atoms with Gasteiger partial charge in [-0.1, -0.05) is 12.1 Å². The minimum absolute atomic E-state index is 0.0112. The van der Waals surface area contributed by atoms with Gasteiger partial charge in [-0.25, -0.2) is 8.42 Å². The van der Waals surface area contributed by atoms with Crippen LogP contribution in [-0.4, -0.2) is 36.6 Å². The zero-order valence-electron chi connectivity index (χ0n) is 16.8. The van der Waals surface area contributed by atoms with Crippen molar-refractivity contribution in [2.75, 3.05) is 5.32 Å². The van der Waals surface area contributed by atoms with E-state index in [0.29, 0.717) is 17.3 Å². The van der Waals surface area contributed by atoms with Gasteiger partial charge in [-0.15, -0.1) is 0 Å². The summed E-state index contributed by atoms with van der Waals surface area (Å²) in [5.74, 6) is -0.297. The van der Waals surface area contributed by atoms with E-state index in [9.17, 15) is 18.0 Å². The predicted octanol–water partition coefficient (Wildman–Crippen LogP) is 2.89. The summed E-state index contributed by atoms with van der Waals surface area (Å²) in [4.78, 5) is 23.5. The van der Waals surface area contributed by atoms with Gasteiger partial charge in [-0.05, 0) is 67.6 Å². The first-order valence-corrected chi connectivity index (χ1v) is 11.6. The molecule has 0 heterocycles. The molecule has 2 N–H and O–H groups in total. The summed E-state index contributed by atoms with van der Waals surface area (Å²) in [6, 6.07) is 13.6. The van der Waals surface area contributed by atoms with Gasteiger partial charge in [0.2, 0.25) is 15.9 Å². The van der Waals surface area contributed by atoms with E-state index in [2.05, 4.69) is 10.6 Å². The van der Waals surface area contributed by atoms with Gasteiger partial charge in [0.25, 0.3) is 5.91 Å². The van der Waals surface area contributed by atoms with E-state index < -0.39 is 10.0 Å². The van der Waals surface area contributed by atoms with Gasteiger partial charge in [-0.3, -0.25) is 9.59 Å². The second-order valence-corrected chi connectivity index (χ2v) is 9.82. The van der Waals surface area contributed by atoms with Crippen LogP contribution in [0.3, 0.4) is 0 Å². The lowest BCUT2D eigenvalue weighted by atomic mass is 10.1. The Morgan fingerprint density at radius 2 is 1.60 bits per heavy atom. The van der Waals surface area contributed by atoms with Gasteiger partial charge in [0.1, 0.15) is 0 Å². The lowest BCUT2D eigenvalue weighted by molar-refractivity contribution is -0.114. The molecule has 2 saturated carbocycles. The normalized spacial score (nSPS) is 16.3. The SMILES string of the molecule is CC(=O)Nc1ccc(S(=O)(=O)N(Cc2ccc(C(=O)NC3CC3)cc2)C2CC2)cc1. The molecule has 0 atom stereocenters. The molecule has 2 aromatic carbocycles. The molecule has 2 fully saturated rings. The van der Waals surface area contributed by atoms with Crippen LogP contribution in [-0.2, 0) is 21.4 Å². The maximum atomic E-state index is 13.2. The van der Waals surface area contributed by atoms with Crippen molar-refractivity contribution in [3.63, 3.8) is 0 Å². The molecule has 2 amide bonds. The molecule has 0 radical (unpaired) electrons. The maximum Gasteiger partial charge on any atom is 0.251 e. The number of carbonyl (C=O) groups is 2. The van der Waals surface area contributed by atoms with Crippen LogP contribution in [0.4, 0.5) is 5.69 Å². The molecule has 0 spiro atoms. The van der Waals surface area contributed by atoms with Crippen LogP contribution in [0.2, 0.25) is 0 Å². The molecule has 4 rings (SSSR count). The number of hydrogen-bond acceptors (Lipinski definition) is 4. The zero-order valence-corrected chi connectivity index (χ0v) is 17.6. The zero-order chi connectivity index (χ0) is 21.3. The monoisotopic (exact) mass is 427 g/mol. The molecule has 8 heteroatoms. The Morgan fingerprint density at radius 1 is 0.967 bits per heavy atom. The smallest absolute Gasteiger partial charge is 0.251 e. The summed E-state index contributed by atoms with van der Waals surface area (Å²) < 4.78 is 28.0. The van der Waals surface area contributed by atoms with Crippen molar-refractivity contribution in [2.24, 2.45) is 0 Å². The maximum absolute atomic E-state index is 13.2. The van der Waals surface area contributed by atoms with Crippen LogP contribution >= 0.6 is 0 Å². The van der Waals surface area contributed by atoms with E-state index in [-0.39, 0.29) is 29.3 Å². The van der Waals surface area contributed by atoms with Crippen molar-refractivity contribution in [2.45, 2.75) is 56.1 Å². The number of sulfonamides is 1. The fourth-order valence-electron chi connectivity index (χ4n) is 3.26. The summed E-state index contributed by atoms with van der Waals surface area (Å²) in [5.41, 5.74) is 1.97. The van der Waals surface area contributed by atoms with Gasteiger partial charge >= 0.3 is 0 Å². The van der Waals surface area contributed by atoms with Crippen LogP contribution in [0.15, 0.2) is 53.4 Å². The highest BCUT2D eigenvalue weighted by atomic mass is 32.2. The third-order valence-electron chi connectivity index (χ3n) is 5.20. The van der Waals surface area contributed by atoms with Crippen LogP contribution in [0.5, 0.6) is 0 Å². The van der Waals surface area contributed by atoms with Gasteiger partial charge in [0.05, 0.1) is 4.90 Å². The van der Waals surface area contributed by atoms with Crippen LogP contribution in [0.25, 0.3) is 0 Å². The second kappa shape index (κ2) is 8.20. The van der Waals surface area contributed by atoms with E-state index in [1.54, 1.807) is 24.3 Å². The Morgan fingerprint density at radius 3 is 2.13 bits per heavy atom. The second-order valence-electron chi connectivity index (χ2n) is 7.93. The van der Waals surface area contributed by atoms with E-state index in [1.807, 2.05) is 12.1 Å². The van der Waals surface area contributed by atoms with E-state index >= 15 is 0 Å². The number of carbonyl (C=O) groups excluding carboxylic acids is 2. The molecule has 158 valence electrons. The predicted molar refractivity (Wildman–Crippen MR) is 113 cm³/mol. The molecule has 0 aliphatic heterocycles. The van der Waals surface area contributed by atoms with Crippen molar-refractivity contribution in [1.82, 2.24) is 9.62 Å². The Labute approximate surface area is 176 Å². The molecule has 2 aliphatic rings. The van der Waals surface area contributed by atoms with Gasteiger partial charge in [0, 0.05) is 36.8 Å². The number of anilines is 1. The quantitative estimate of drug-likeness (QED) is 0.677. The molecule has 0 unspecified atom stereocenters. The largest absolute Gasteiger partial charge is 0.349 e. The van der Waals surface area contributed by atoms with Crippen LogP contribution < -0.4 is 10.6 Å². The number of benzene rings is 2. The highest BCUT2D eigenvalue weighted by molar-refractivity contribution is 7.89. The first-order valence-electron chi connectivity index (χ1n) is 10.1. The minimum atomic E-state index is -3.67. The summed E-state index contributed by atoms with van der Waals surface area (Å²) in [6.45, 7) is 1.66. The van der Waals surface area contributed by atoms with Gasteiger partial charge in [0.15, 0.2) is 0 Å². The summed E-state index contributed by atoms with van der Waals surface area (Å²) in [5, 5.41) is 5.59. The Balaban J connectivity index is 1.49. The first-order chi connectivity index (χ1) is 14.3. The molecule has 7 nitrogen and oxygen atoms in total. The third-order valence-corrected chi connectivity index (χ3v) is 7.12. The molecule has 2 aliphatic carbocycles. The van der Waals surface area contributed by atoms with Crippen molar-refractivity contribution < 1.29 is 18.0 Å². The highest BCUT2D eigenvalue weighted by Gasteiger charge is 2.38. The molecule has 0 saturated heterocycles. The van der Waals surface area contributed by atoms with Crippen molar-refractivity contribution in [3.8, 4) is 0 Å². The lowest BCUT2D eigenvalue weighted by Crippen LogP contribution is -2.32. The van der Waals surface area contributed by atoms with E-state index in [0.717, 1.165) is 31.2 Å². The number of hydrogen-bond donors (Lipinski definition) is 2. The fourth-order valence-corrected chi connectivity index (χ4v) is 4.93. The summed E-state index contributed by atoms with van der Waals surface area (Å²) in [7, 11) is -3.67. The minimum Gasteiger partial charge on any atom is -0.349 e. The summed E-state index contributed by atoms with van der Waals surface area (Å²) >= 11 is 0. The van der Waals surface area contributed by atoms with Crippen molar-refractivity contribution in [3.05, 3.63) is 59.7 Å². The highest BCUT2D eigenvalue weighted by Crippen LogP contribution is 2.34. The topological polar surface area (TPSA) is 95.6 Å². The summed E-state index contributed by atoms with van der Waals surface area (Å²) in [6.07, 6.45) is 3.74. The fraction of sp³-hybridized carbons (Fsp3) is 0.364. The number of amides is 2. The molecular formula is C22H25N3O4S. The standard InChI is InChI=1S/C22H25N3O4S/c1-15(26)23-18-8-12-21(13-9-18)30(28,29)25(20-10-11-20)14-16-2-4-17(5-3-16)22(27)24-19-6-7-19/h2-5,8-9,12-13,19-20H,6-7,10-11,14H2,1H3,(H,23,26)(H,24,27). The van der Waals surface area contributed by atoms with Crippen LogP contribution in [0, 0.1) is 0 Å². The van der Waals surface area contributed by atoms with E-state index in [4.69, 9.17) is 0 Å². The van der Waals surface area contributed by atoms with Gasteiger partial charge in [-0.2, -0.15) is 4.31 Å².